The van der Waals surface area contributed by atoms with Gasteiger partial charge in [-0.15, -0.1) is 0 Å². The summed E-state index contributed by atoms with van der Waals surface area (Å²) in [4.78, 5) is 0. The Morgan fingerprint density at radius 2 is 1.13 bits per heavy atom. The fourth-order valence-corrected chi connectivity index (χ4v) is 2.01. The van der Waals surface area contributed by atoms with E-state index in [1.54, 1.807) is 7.11 Å². The van der Waals surface area contributed by atoms with Crippen molar-refractivity contribution in [3.05, 3.63) is 65.7 Å². The Bertz CT molecular complexity index is 525. The predicted octanol–water partition coefficient (Wildman–Crippen LogP) is 3.45. The van der Waals surface area contributed by atoms with Crippen LogP contribution in [0.25, 0.3) is 0 Å². The highest BCUT2D eigenvalue weighted by Gasteiger charge is 1.96. The Hall–Kier alpha value is -1.88. The molecule has 124 valence electrons. The monoisotopic (exact) mass is 316 g/mol. The summed E-state index contributed by atoms with van der Waals surface area (Å²) in [6.45, 7) is 3.53. The Morgan fingerprint density at radius 1 is 0.609 bits per heavy atom. The van der Waals surface area contributed by atoms with Gasteiger partial charge in [0.2, 0.25) is 0 Å². The lowest BCUT2D eigenvalue weighted by molar-refractivity contribution is 0.00704. The van der Waals surface area contributed by atoms with E-state index in [9.17, 15) is 0 Å². The van der Waals surface area contributed by atoms with Crippen molar-refractivity contribution in [3.8, 4) is 5.75 Å². The standard InChI is InChI=1S/C19H24O4/c1-20-19-9-7-18(8-10-19)16-23-14-12-21-11-13-22-15-17-5-3-2-4-6-17/h2-10H,11-16H2,1H3. The van der Waals surface area contributed by atoms with Gasteiger partial charge in [0.05, 0.1) is 46.8 Å². The Morgan fingerprint density at radius 3 is 1.70 bits per heavy atom. The van der Waals surface area contributed by atoms with Crippen LogP contribution in [0.3, 0.4) is 0 Å². The molecular weight excluding hydrogens is 292 g/mol. The van der Waals surface area contributed by atoms with Crippen molar-refractivity contribution >= 4 is 0 Å². The van der Waals surface area contributed by atoms with Crippen LogP contribution in [0.4, 0.5) is 0 Å². The van der Waals surface area contributed by atoms with E-state index in [2.05, 4.69) is 0 Å². The highest BCUT2D eigenvalue weighted by Crippen LogP contribution is 2.11. The summed E-state index contributed by atoms with van der Waals surface area (Å²) in [6.07, 6.45) is 0. The van der Waals surface area contributed by atoms with Crippen molar-refractivity contribution in [1.29, 1.82) is 0 Å². The highest BCUT2D eigenvalue weighted by molar-refractivity contribution is 5.26. The third-order valence-electron chi connectivity index (χ3n) is 3.28. The van der Waals surface area contributed by atoms with Gasteiger partial charge in [-0.05, 0) is 23.3 Å². The molecular formula is C19H24O4. The predicted molar refractivity (Wildman–Crippen MR) is 89.6 cm³/mol. The average Bonchev–Trinajstić information content (AvgIpc) is 2.61. The molecule has 0 aliphatic rings. The van der Waals surface area contributed by atoms with Crippen LogP contribution in [-0.4, -0.2) is 33.5 Å². The molecule has 2 aromatic carbocycles. The summed E-state index contributed by atoms with van der Waals surface area (Å²) in [7, 11) is 1.66. The summed E-state index contributed by atoms with van der Waals surface area (Å²) >= 11 is 0. The van der Waals surface area contributed by atoms with Gasteiger partial charge in [0.1, 0.15) is 5.75 Å². The molecule has 0 saturated carbocycles. The van der Waals surface area contributed by atoms with E-state index in [0.29, 0.717) is 39.6 Å². The summed E-state index contributed by atoms with van der Waals surface area (Å²) < 4.78 is 21.7. The van der Waals surface area contributed by atoms with Gasteiger partial charge in [-0.25, -0.2) is 0 Å². The van der Waals surface area contributed by atoms with Gasteiger partial charge in [-0.1, -0.05) is 42.5 Å². The summed E-state index contributed by atoms with van der Waals surface area (Å²) in [5.74, 6) is 0.854. The van der Waals surface area contributed by atoms with Gasteiger partial charge >= 0.3 is 0 Å². The fourth-order valence-electron chi connectivity index (χ4n) is 2.01. The normalized spacial score (nSPS) is 10.7. The molecule has 23 heavy (non-hydrogen) atoms. The third-order valence-corrected chi connectivity index (χ3v) is 3.28. The van der Waals surface area contributed by atoms with Crippen LogP contribution in [-0.2, 0) is 27.4 Å². The maximum Gasteiger partial charge on any atom is 0.118 e. The molecule has 2 rings (SSSR count). The number of hydrogen-bond donors (Lipinski definition) is 0. The molecule has 0 atom stereocenters. The van der Waals surface area contributed by atoms with Crippen LogP contribution in [0.15, 0.2) is 54.6 Å². The molecule has 4 nitrogen and oxygen atoms in total. The number of ether oxygens (including phenoxy) is 4. The molecule has 0 radical (unpaired) electrons. The van der Waals surface area contributed by atoms with E-state index < -0.39 is 0 Å². The second-order valence-corrected chi connectivity index (χ2v) is 5.05. The summed E-state index contributed by atoms with van der Waals surface area (Å²) in [6, 6.07) is 18.0. The molecule has 0 spiro atoms. The van der Waals surface area contributed by atoms with Crippen molar-refractivity contribution in [3.63, 3.8) is 0 Å². The second kappa shape index (κ2) is 10.8. The lowest BCUT2D eigenvalue weighted by Crippen LogP contribution is -2.09. The van der Waals surface area contributed by atoms with E-state index >= 15 is 0 Å². The molecule has 0 aromatic heterocycles. The molecule has 0 fully saturated rings. The van der Waals surface area contributed by atoms with Crippen LogP contribution < -0.4 is 4.74 Å². The number of methoxy groups -OCH3 is 1. The Kier molecular flexibility index (Phi) is 8.19. The maximum atomic E-state index is 5.56. The minimum Gasteiger partial charge on any atom is -0.497 e. The Labute approximate surface area is 137 Å². The molecule has 0 amide bonds. The second-order valence-electron chi connectivity index (χ2n) is 5.05. The van der Waals surface area contributed by atoms with E-state index in [1.165, 1.54) is 5.56 Å². The molecule has 0 aliphatic carbocycles. The van der Waals surface area contributed by atoms with Crippen LogP contribution in [0.2, 0.25) is 0 Å². The number of benzene rings is 2. The molecule has 0 saturated heterocycles. The fraction of sp³-hybridized carbons (Fsp3) is 0.368. The van der Waals surface area contributed by atoms with Crippen molar-refractivity contribution in [1.82, 2.24) is 0 Å². The molecule has 2 aromatic rings. The van der Waals surface area contributed by atoms with Gasteiger partial charge in [0.15, 0.2) is 0 Å². The summed E-state index contributed by atoms with van der Waals surface area (Å²) in [5, 5.41) is 0. The maximum absolute atomic E-state index is 5.56. The Balaban J connectivity index is 1.43. The quantitative estimate of drug-likeness (QED) is 0.595. The SMILES string of the molecule is COc1ccc(COCCOCCOCc2ccccc2)cc1. The highest BCUT2D eigenvalue weighted by atomic mass is 16.5. The summed E-state index contributed by atoms with van der Waals surface area (Å²) in [5.41, 5.74) is 2.30. The van der Waals surface area contributed by atoms with Gasteiger partial charge in [-0.3, -0.25) is 0 Å². The van der Waals surface area contributed by atoms with Crippen LogP contribution in [0.1, 0.15) is 11.1 Å². The first-order valence-electron chi connectivity index (χ1n) is 7.78. The van der Waals surface area contributed by atoms with Crippen molar-refractivity contribution in [2.45, 2.75) is 13.2 Å². The van der Waals surface area contributed by atoms with Crippen LogP contribution in [0.5, 0.6) is 5.75 Å². The first-order chi connectivity index (χ1) is 11.4. The van der Waals surface area contributed by atoms with Crippen molar-refractivity contribution < 1.29 is 18.9 Å². The first-order valence-corrected chi connectivity index (χ1v) is 7.78. The van der Waals surface area contributed by atoms with E-state index in [4.69, 9.17) is 18.9 Å². The zero-order valence-corrected chi connectivity index (χ0v) is 13.6. The third kappa shape index (κ3) is 7.28. The molecule has 0 heterocycles. The largest absolute Gasteiger partial charge is 0.497 e. The van der Waals surface area contributed by atoms with Crippen LogP contribution >= 0.6 is 0 Å². The van der Waals surface area contributed by atoms with Gasteiger partial charge in [0, 0.05) is 0 Å². The minimum atomic E-state index is 0.574. The average molecular weight is 316 g/mol. The van der Waals surface area contributed by atoms with E-state index in [-0.39, 0.29) is 0 Å². The van der Waals surface area contributed by atoms with E-state index in [1.807, 2.05) is 54.6 Å². The number of rotatable bonds is 11. The molecule has 0 aliphatic heterocycles. The smallest absolute Gasteiger partial charge is 0.118 e. The van der Waals surface area contributed by atoms with Crippen molar-refractivity contribution in [2.24, 2.45) is 0 Å². The zero-order chi connectivity index (χ0) is 16.2. The van der Waals surface area contributed by atoms with Crippen LogP contribution in [0, 0.1) is 0 Å². The van der Waals surface area contributed by atoms with Gasteiger partial charge < -0.3 is 18.9 Å². The molecule has 0 bridgehead atoms. The zero-order valence-electron chi connectivity index (χ0n) is 13.6. The van der Waals surface area contributed by atoms with E-state index in [0.717, 1.165) is 11.3 Å². The molecule has 0 unspecified atom stereocenters. The minimum absolute atomic E-state index is 0.574. The van der Waals surface area contributed by atoms with Crippen molar-refractivity contribution in [2.75, 3.05) is 33.5 Å². The molecule has 4 heteroatoms. The molecule has 0 N–H and O–H groups in total. The topological polar surface area (TPSA) is 36.9 Å². The number of hydrogen-bond acceptors (Lipinski definition) is 4. The lowest BCUT2D eigenvalue weighted by Gasteiger charge is -2.07. The lowest BCUT2D eigenvalue weighted by atomic mass is 10.2. The van der Waals surface area contributed by atoms with Gasteiger partial charge in [0.25, 0.3) is 0 Å². The van der Waals surface area contributed by atoms with Gasteiger partial charge in [-0.2, -0.15) is 0 Å². The first kappa shape index (κ1) is 17.5.